The number of carboxylic acids is 1. The minimum absolute atomic E-state index is 0.200. The molecular formula is C10H13F3N2O3S. The van der Waals surface area contributed by atoms with Gasteiger partial charge in [0.05, 0.1) is 5.37 Å². The first kappa shape index (κ1) is 14.3. The molecule has 1 aliphatic heterocycles. The van der Waals surface area contributed by atoms with Crippen molar-refractivity contribution in [2.45, 2.75) is 30.4 Å². The smallest absolute Gasteiger partial charge is 0.405 e. The summed E-state index contributed by atoms with van der Waals surface area (Å²) in [6.07, 6.45) is -2.74. The van der Waals surface area contributed by atoms with Crippen molar-refractivity contribution in [1.82, 2.24) is 10.2 Å². The average Bonchev–Trinajstić information content (AvgIpc) is 3.03. The van der Waals surface area contributed by atoms with E-state index in [4.69, 9.17) is 5.11 Å². The Balaban J connectivity index is 2.03. The van der Waals surface area contributed by atoms with Gasteiger partial charge in [-0.05, 0) is 18.8 Å². The summed E-state index contributed by atoms with van der Waals surface area (Å²) in [5, 5.41) is 10.4. The number of thioether (sulfide) groups is 1. The topological polar surface area (TPSA) is 69.6 Å². The van der Waals surface area contributed by atoms with E-state index < -0.39 is 30.8 Å². The van der Waals surface area contributed by atoms with Gasteiger partial charge in [-0.1, -0.05) is 0 Å². The first-order valence-corrected chi connectivity index (χ1v) is 6.82. The fourth-order valence-electron chi connectivity index (χ4n) is 1.99. The SMILES string of the molecule is O=C(O)C1CSC(C2CC2)N1C(=O)NCC(F)(F)F. The number of halogens is 3. The van der Waals surface area contributed by atoms with E-state index in [-0.39, 0.29) is 17.0 Å². The van der Waals surface area contributed by atoms with E-state index in [1.54, 1.807) is 5.32 Å². The number of amides is 2. The van der Waals surface area contributed by atoms with Crippen LogP contribution in [0, 0.1) is 5.92 Å². The lowest BCUT2D eigenvalue weighted by Gasteiger charge is -2.27. The van der Waals surface area contributed by atoms with E-state index in [1.165, 1.54) is 11.8 Å². The van der Waals surface area contributed by atoms with Gasteiger partial charge in [-0.15, -0.1) is 11.8 Å². The number of carbonyl (C=O) groups excluding carboxylic acids is 1. The molecule has 1 saturated heterocycles. The zero-order chi connectivity index (χ0) is 14.2. The predicted molar refractivity (Wildman–Crippen MR) is 61.7 cm³/mol. The van der Waals surface area contributed by atoms with Crippen molar-refractivity contribution in [3.8, 4) is 0 Å². The van der Waals surface area contributed by atoms with Gasteiger partial charge in [0.2, 0.25) is 0 Å². The molecular weight excluding hydrogens is 285 g/mol. The van der Waals surface area contributed by atoms with Crippen LogP contribution < -0.4 is 5.32 Å². The van der Waals surface area contributed by atoms with E-state index in [0.717, 1.165) is 17.7 Å². The van der Waals surface area contributed by atoms with Gasteiger partial charge in [-0.25, -0.2) is 9.59 Å². The Kier molecular flexibility index (Phi) is 3.84. The second kappa shape index (κ2) is 5.10. The Labute approximate surface area is 111 Å². The van der Waals surface area contributed by atoms with Gasteiger partial charge in [0, 0.05) is 5.75 Å². The van der Waals surface area contributed by atoms with Gasteiger partial charge in [0.15, 0.2) is 0 Å². The van der Waals surface area contributed by atoms with E-state index in [2.05, 4.69) is 0 Å². The number of rotatable bonds is 3. The minimum atomic E-state index is -4.50. The largest absolute Gasteiger partial charge is 0.480 e. The molecule has 0 bridgehead atoms. The molecule has 2 unspecified atom stereocenters. The molecule has 19 heavy (non-hydrogen) atoms. The highest BCUT2D eigenvalue weighted by Crippen LogP contribution is 2.45. The Morgan fingerprint density at radius 3 is 2.47 bits per heavy atom. The molecule has 1 heterocycles. The average molecular weight is 298 g/mol. The summed E-state index contributed by atoms with van der Waals surface area (Å²) >= 11 is 1.32. The molecule has 2 aliphatic rings. The van der Waals surface area contributed by atoms with E-state index >= 15 is 0 Å². The lowest BCUT2D eigenvalue weighted by Crippen LogP contribution is -2.52. The second-order valence-electron chi connectivity index (χ2n) is 4.60. The van der Waals surface area contributed by atoms with Crippen molar-refractivity contribution in [2.24, 2.45) is 5.92 Å². The number of carboxylic acid groups (broad SMARTS) is 1. The second-order valence-corrected chi connectivity index (χ2v) is 5.75. The summed E-state index contributed by atoms with van der Waals surface area (Å²) in [7, 11) is 0. The fraction of sp³-hybridized carbons (Fsp3) is 0.800. The van der Waals surface area contributed by atoms with Crippen molar-refractivity contribution in [3.05, 3.63) is 0 Å². The maximum atomic E-state index is 12.1. The van der Waals surface area contributed by atoms with Crippen LogP contribution in [-0.4, -0.2) is 51.9 Å². The number of hydrogen-bond donors (Lipinski definition) is 2. The summed E-state index contributed by atoms with van der Waals surface area (Å²) < 4.78 is 36.2. The molecule has 2 N–H and O–H groups in total. The van der Waals surface area contributed by atoms with Crippen LogP contribution in [0.5, 0.6) is 0 Å². The summed E-state index contributed by atoms with van der Waals surface area (Å²) in [4.78, 5) is 23.9. The molecule has 0 aromatic rings. The Morgan fingerprint density at radius 1 is 1.37 bits per heavy atom. The van der Waals surface area contributed by atoms with Crippen LogP contribution in [0.25, 0.3) is 0 Å². The van der Waals surface area contributed by atoms with Crippen LogP contribution >= 0.6 is 11.8 Å². The number of aliphatic carboxylic acids is 1. The van der Waals surface area contributed by atoms with Crippen LogP contribution in [-0.2, 0) is 4.79 Å². The molecule has 2 amide bonds. The van der Waals surface area contributed by atoms with Gasteiger partial charge in [0.25, 0.3) is 0 Å². The maximum Gasteiger partial charge on any atom is 0.405 e. The van der Waals surface area contributed by atoms with Crippen LogP contribution in [0.3, 0.4) is 0 Å². The van der Waals surface area contributed by atoms with Crippen molar-refractivity contribution in [3.63, 3.8) is 0 Å². The first-order valence-electron chi connectivity index (χ1n) is 5.77. The number of nitrogens with zero attached hydrogens (tertiary/aromatic N) is 1. The predicted octanol–water partition coefficient (Wildman–Crippen LogP) is 1.50. The van der Waals surface area contributed by atoms with Gasteiger partial charge in [-0.2, -0.15) is 13.2 Å². The Hall–Kier alpha value is -1.12. The summed E-state index contributed by atoms with van der Waals surface area (Å²) in [5.41, 5.74) is 0. The number of alkyl halides is 3. The first-order chi connectivity index (χ1) is 8.79. The highest BCUT2D eigenvalue weighted by molar-refractivity contribution is 8.00. The number of nitrogens with one attached hydrogen (secondary N) is 1. The summed E-state index contributed by atoms with van der Waals surface area (Å²) in [5.74, 6) is -0.764. The molecule has 0 aromatic carbocycles. The highest BCUT2D eigenvalue weighted by Gasteiger charge is 2.48. The fourth-order valence-corrected chi connectivity index (χ4v) is 3.62. The van der Waals surface area contributed by atoms with Gasteiger partial charge >= 0.3 is 18.2 Å². The monoisotopic (exact) mass is 298 g/mol. The Morgan fingerprint density at radius 2 is 2.00 bits per heavy atom. The quantitative estimate of drug-likeness (QED) is 0.828. The molecule has 2 fully saturated rings. The van der Waals surface area contributed by atoms with Crippen LogP contribution in [0.4, 0.5) is 18.0 Å². The standard InChI is InChI=1S/C10H13F3N2O3S/c11-10(12,13)4-14-9(18)15-6(8(16)17)3-19-7(15)5-1-2-5/h5-7H,1-4H2,(H,14,18)(H,16,17). The van der Waals surface area contributed by atoms with Crippen molar-refractivity contribution in [1.29, 1.82) is 0 Å². The molecule has 0 radical (unpaired) electrons. The summed E-state index contributed by atoms with van der Waals surface area (Å²) in [6.45, 7) is -1.45. The molecule has 2 atom stereocenters. The van der Waals surface area contributed by atoms with Crippen LogP contribution in [0.2, 0.25) is 0 Å². The lowest BCUT2D eigenvalue weighted by molar-refractivity contribution is -0.141. The highest BCUT2D eigenvalue weighted by atomic mass is 32.2. The maximum absolute atomic E-state index is 12.1. The molecule has 1 aliphatic carbocycles. The van der Waals surface area contributed by atoms with Gasteiger partial charge in [0.1, 0.15) is 12.6 Å². The van der Waals surface area contributed by atoms with E-state index in [0.29, 0.717) is 0 Å². The number of urea groups is 1. The third kappa shape index (κ3) is 3.46. The Bertz CT molecular complexity index is 387. The zero-order valence-corrected chi connectivity index (χ0v) is 10.6. The number of carbonyl (C=O) groups is 2. The lowest BCUT2D eigenvalue weighted by atomic mass is 10.2. The van der Waals surface area contributed by atoms with Gasteiger partial charge < -0.3 is 10.4 Å². The third-order valence-corrected chi connectivity index (χ3v) is 4.48. The van der Waals surface area contributed by atoms with Gasteiger partial charge in [-0.3, -0.25) is 4.90 Å². The van der Waals surface area contributed by atoms with Crippen LogP contribution in [0.1, 0.15) is 12.8 Å². The molecule has 0 aromatic heterocycles. The molecule has 2 rings (SSSR count). The van der Waals surface area contributed by atoms with Crippen molar-refractivity contribution in [2.75, 3.05) is 12.3 Å². The normalized spacial score (nSPS) is 27.4. The minimum Gasteiger partial charge on any atom is -0.480 e. The van der Waals surface area contributed by atoms with E-state index in [1.807, 2.05) is 0 Å². The van der Waals surface area contributed by atoms with E-state index in [9.17, 15) is 22.8 Å². The molecule has 1 saturated carbocycles. The van der Waals surface area contributed by atoms with Crippen molar-refractivity contribution < 1.29 is 27.9 Å². The third-order valence-electron chi connectivity index (χ3n) is 3.02. The zero-order valence-electron chi connectivity index (χ0n) is 9.81. The molecule has 5 nitrogen and oxygen atoms in total. The number of hydrogen-bond acceptors (Lipinski definition) is 3. The van der Waals surface area contributed by atoms with Crippen molar-refractivity contribution >= 4 is 23.8 Å². The summed E-state index contributed by atoms with van der Waals surface area (Å²) in [6, 6.07) is -2.00. The van der Waals surface area contributed by atoms with Crippen LogP contribution in [0.15, 0.2) is 0 Å². The molecule has 9 heteroatoms. The molecule has 108 valence electrons. The molecule has 0 spiro atoms.